The van der Waals surface area contributed by atoms with Crippen LogP contribution < -0.4 is 0 Å². The molecule has 1 aromatic rings. The van der Waals surface area contributed by atoms with E-state index in [1.807, 2.05) is 43.3 Å². The molecule has 3 nitrogen and oxygen atoms in total. The van der Waals surface area contributed by atoms with E-state index in [4.69, 9.17) is 4.74 Å². The number of benzene rings is 1. The molecule has 19 heavy (non-hydrogen) atoms. The fourth-order valence-electron chi connectivity index (χ4n) is 3.38. The predicted molar refractivity (Wildman–Crippen MR) is 72.5 cm³/mol. The largest absolute Gasteiger partial charge is 0.377 e. The maximum atomic E-state index is 11.4. The van der Waals surface area contributed by atoms with Crippen LogP contribution in [0.1, 0.15) is 24.5 Å². The van der Waals surface area contributed by atoms with Crippen LogP contribution >= 0.6 is 0 Å². The van der Waals surface area contributed by atoms with E-state index in [0.29, 0.717) is 12.0 Å². The summed E-state index contributed by atoms with van der Waals surface area (Å²) in [6.07, 6.45) is 5.11. The molecule has 98 valence electrons. The van der Waals surface area contributed by atoms with Crippen molar-refractivity contribution in [1.29, 1.82) is 0 Å². The molecule has 1 N–H and O–H groups in total. The molecule has 1 aromatic carbocycles. The molecule has 0 spiro atoms. The van der Waals surface area contributed by atoms with E-state index < -0.39 is 11.2 Å². The first-order valence-electron chi connectivity index (χ1n) is 6.31. The Kier molecular flexibility index (Phi) is 2.52. The number of rotatable bonds is 2. The van der Waals surface area contributed by atoms with Crippen LogP contribution in [-0.4, -0.2) is 24.1 Å². The minimum atomic E-state index is -1.39. The highest BCUT2D eigenvalue weighted by Crippen LogP contribution is 2.54. The average Bonchev–Trinajstić information content (AvgIpc) is 2.66. The molecule has 0 saturated carbocycles. The molecule has 2 aliphatic carbocycles. The molecule has 0 aromatic heterocycles. The zero-order chi connectivity index (χ0) is 13.7. The van der Waals surface area contributed by atoms with Gasteiger partial charge < -0.3 is 9.84 Å². The van der Waals surface area contributed by atoms with Gasteiger partial charge in [-0.1, -0.05) is 35.9 Å². The summed E-state index contributed by atoms with van der Waals surface area (Å²) in [5, 5.41) is 11.3. The highest BCUT2D eigenvalue weighted by Gasteiger charge is 2.59. The van der Waals surface area contributed by atoms with E-state index in [1.54, 1.807) is 7.11 Å². The van der Waals surface area contributed by atoms with E-state index in [-0.39, 0.29) is 0 Å². The van der Waals surface area contributed by atoms with Crippen molar-refractivity contribution >= 4 is 12.4 Å². The molecule has 0 amide bonds. The first-order valence-corrected chi connectivity index (χ1v) is 6.31. The molecule has 0 saturated heterocycles. The van der Waals surface area contributed by atoms with Gasteiger partial charge in [0.2, 0.25) is 0 Å². The van der Waals surface area contributed by atoms with E-state index in [0.717, 1.165) is 23.0 Å². The highest BCUT2D eigenvalue weighted by molar-refractivity contribution is 5.84. The Morgan fingerprint density at radius 1 is 1.37 bits per heavy atom. The van der Waals surface area contributed by atoms with Crippen molar-refractivity contribution < 1.29 is 14.6 Å². The van der Waals surface area contributed by atoms with Gasteiger partial charge in [-0.05, 0) is 24.1 Å². The van der Waals surface area contributed by atoms with Crippen LogP contribution in [0.2, 0.25) is 0 Å². The maximum absolute atomic E-state index is 11.4. The molecular weight excluding hydrogens is 240 g/mol. The van der Waals surface area contributed by atoms with Gasteiger partial charge in [0.05, 0.1) is 0 Å². The minimum Gasteiger partial charge on any atom is -0.377 e. The first kappa shape index (κ1) is 12.3. The van der Waals surface area contributed by atoms with Gasteiger partial charge in [-0.3, -0.25) is 4.79 Å². The van der Waals surface area contributed by atoms with E-state index in [2.05, 4.69) is 0 Å². The van der Waals surface area contributed by atoms with Crippen molar-refractivity contribution in [1.82, 2.24) is 0 Å². The van der Waals surface area contributed by atoms with E-state index in [9.17, 15) is 9.90 Å². The first-order chi connectivity index (χ1) is 9.09. The van der Waals surface area contributed by atoms with Crippen molar-refractivity contribution in [2.24, 2.45) is 0 Å². The fourth-order valence-corrected chi connectivity index (χ4v) is 3.38. The zero-order valence-corrected chi connectivity index (χ0v) is 11.0. The van der Waals surface area contributed by atoms with Crippen molar-refractivity contribution in [3.63, 3.8) is 0 Å². The Balaban J connectivity index is 2.34. The highest BCUT2D eigenvalue weighted by atomic mass is 16.5. The molecular formula is C16H16O3. The van der Waals surface area contributed by atoms with Gasteiger partial charge in [-0.15, -0.1) is 0 Å². The topological polar surface area (TPSA) is 46.5 Å². The second kappa shape index (κ2) is 3.89. The average molecular weight is 256 g/mol. The van der Waals surface area contributed by atoms with Gasteiger partial charge in [0, 0.05) is 19.1 Å². The Labute approximate surface area is 112 Å². The van der Waals surface area contributed by atoms with Gasteiger partial charge >= 0.3 is 0 Å². The number of aliphatic hydroxyl groups is 1. The lowest BCUT2D eigenvalue weighted by molar-refractivity contribution is -0.125. The van der Waals surface area contributed by atoms with Gasteiger partial charge in [0.15, 0.2) is 5.60 Å². The van der Waals surface area contributed by atoms with Crippen LogP contribution in [-0.2, 0) is 15.1 Å². The Bertz CT molecular complexity index is 614. The van der Waals surface area contributed by atoms with Crippen molar-refractivity contribution in [2.45, 2.75) is 24.5 Å². The van der Waals surface area contributed by atoms with Crippen LogP contribution in [0.15, 0.2) is 41.5 Å². The number of carbonyl (C=O) groups excluding carboxylic acids is 1. The van der Waals surface area contributed by atoms with Gasteiger partial charge in [0.25, 0.3) is 0 Å². The lowest BCUT2D eigenvalue weighted by atomic mass is 9.71. The Morgan fingerprint density at radius 2 is 2.11 bits per heavy atom. The molecule has 0 heterocycles. The molecule has 2 unspecified atom stereocenters. The molecule has 3 rings (SSSR count). The summed E-state index contributed by atoms with van der Waals surface area (Å²) < 4.78 is 5.63. The summed E-state index contributed by atoms with van der Waals surface area (Å²) in [5.41, 5.74) is 0.692. The standard InChI is InChI=1S/C16H16O3/c1-11-9-15(19-2)8-7-12-5-3-4-6-13(12)16(15,18)14(11)10-17/h3-8,10,18H,9H2,1-2H3. The molecule has 0 aliphatic heterocycles. The van der Waals surface area contributed by atoms with Crippen molar-refractivity contribution in [3.8, 4) is 0 Å². The van der Waals surface area contributed by atoms with Crippen LogP contribution in [0.4, 0.5) is 0 Å². The zero-order valence-electron chi connectivity index (χ0n) is 11.0. The van der Waals surface area contributed by atoms with Crippen LogP contribution in [0, 0.1) is 0 Å². The van der Waals surface area contributed by atoms with Crippen LogP contribution in [0.3, 0.4) is 0 Å². The summed E-state index contributed by atoms with van der Waals surface area (Å²) >= 11 is 0. The van der Waals surface area contributed by atoms with Crippen molar-refractivity contribution in [3.05, 3.63) is 52.6 Å². The number of carbonyl (C=O) groups is 1. The second-order valence-corrected chi connectivity index (χ2v) is 5.21. The molecule has 2 atom stereocenters. The third-order valence-corrected chi connectivity index (χ3v) is 4.35. The fraction of sp³-hybridized carbons (Fsp3) is 0.312. The number of methoxy groups -OCH3 is 1. The Morgan fingerprint density at radius 3 is 2.79 bits per heavy atom. The smallest absolute Gasteiger partial charge is 0.151 e. The minimum absolute atomic E-state index is 0.422. The molecule has 2 aliphatic rings. The normalized spacial score (nSPS) is 32.2. The summed E-state index contributed by atoms with van der Waals surface area (Å²) in [5.74, 6) is 0. The molecule has 3 heteroatoms. The van der Waals surface area contributed by atoms with Gasteiger partial charge in [-0.25, -0.2) is 0 Å². The SMILES string of the molecule is COC12C=Cc3ccccc3C1(O)C(C=O)=C(C)C2. The molecule has 0 radical (unpaired) electrons. The summed E-state index contributed by atoms with van der Waals surface area (Å²) in [4.78, 5) is 11.4. The number of aldehydes is 1. The van der Waals surface area contributed by atoms with Crippen LogP contribution in [0.25, 0.3) is 6.08 Å². The maximum Gasteiger partial charge on any atom is 0.151 e. The number of hydrogen-bond donors (Lipinski definition) is 1. The summed E-state index contributed by atoms with van der Waals surface area (Å²) in [6.45, 7) is 1.87. The molecule has 0 bridgehead atoms. The predicted octanol–water partition coefficient (Wildman–Crippen LogP) is 2.21. The quantitative estimate of drug-likeness (QED) is 0.825. The monoisotopic (exact) mass is 256 g/mol. The van der Waals surface area contributed by atoms with Crippen molar-refractivity contribution in [2.75, 3.05) is 7.11 Å². The Hall–Kier alpha value is -1.71. The summed E-state index contributed by atoms with van der Waals surface area (Å²) in [7, 11) is 1.57. The third-order valence-electron chi connectivity index (χ3n) is 4.35. The lowest BCUT2D eigenvalue weighted by Gasteiger charge is -2.43. The number of fused-ring (bicyclic) bond motifs is 3. The second-order valence-electron chi connectivity index (χ2n) is 5.21. The molecule has 0 fully saturated rings. The lowest BCUT2D eigenvalue weighted by Crippen LogP contribution is -2.51. The third kappa shape index (κ3) is 1.32. The summed E-state index contributed by atoms with van der Waals surface area (Å²) in [6, 6.07) is 7.57. The van der Waals surface area contributed by atoms with E-state index >= 15 is 0 Å². The van der Waals surface area contributed by atoms with E-state index in [1.165, 1.54) is 0 Å². The van der Waals surface area contributed by atoms with Crippen LogP contribution in [0.5, 0.6) is 0 Å². The van der Waals surface area contributed by atoms with Gasteiger partial charge in [0.1, 0.15) is 11.9 Å². The van der Waals surface area contributed by atoms with Gasteiger partial charge in [-0.2, -0.15) is 0 Å². The number of hydrogen-bond acceptors (Lipinski definition) is 3. The number of ether oxygens (including phenoxy) is 1.